The molecule has 0 fully saturated rings. The molecule has 104 valence electrons. The standard InChI is InChI=1S/C14H20N2O2S/c1-4-16(12-7-5-10(2)6-8-12)14(18)13(9-19)15-11(3)17/h5-8,13,19H,4,9H2,1-3H3,(H,15,17). The second-order valence-electron chi connectivity index (χ2n) is 4.35. The molecule has 1 rings (SSSR count). The van der Waals surface area contributed by atoms with Crippen molar-refractivity contribution in [3.63, 3.8) is 0 Å². The SMILES string of the molecule is CCN(C(=O)C(CS)NC(C)=O)c1ccc(C)cc1. The van der Waals surface area contributed by atoms with Crippen LogP contribution in [0.1, 0.15) is 19.4 Å². The largest absolute Gasteiger partial charge is 0.344 e. The van der Waals surface area contributed by atoms with Crippen LogP contribution in [0.5, 0.6) is 0 Å². The zero-order valence-electron chi connectivity index (χ0n) is 11.5. The second kappa shape index (κ2) is 7.19. The lowest BCUT2D eigenvalue weighted by molar-refractivity contribution is -0.125. The van der Waals surface area contributed by atoms with Crippen molar-refractivity contribution in [3.8, 4) is 0 Å². The third-order valence-electron chi connectivity index (χ3n) is 2.79. The third kappa shape index (κ3) is 4.28. The first-order valence-electron chi connectivity index (χ1n) is 6.25. The van der Waals surface area contributed by atoms with Gasteiger partial charge in [0.15, 0.2) is 0 Å². The van der Waals surface area contributed by atoms with Crippen molar-refractivity contribution in [3.05, 3.63) is 29.8 Å². The molecule has 0 radical (unpaired) electrons. The molecular weight excluding hydrogens is 260 g/mol. The van der Waals surface area contributed by atoms with Crippen molar-refractivity contribution < 1.29 is 9.59 Å². The van der Waals surface area contributed by atoms with Gasteiger partial charge in [0.2, 0.25) is 11.8 Å². The number of anilines is 1. The number of nitrogens with one attached hydrogen (secondary N) is 1. The Morgan fingerprint density at radius 2 is 1.89 bits per heavy atom. The van der Waals surface area contributed by atoms with Crippen molar-refractivity contribution in [2.45, 2.75) is 26.8 Å². The van der Waals surface area contributed by atoms with Crippen LogP contribution in [0.3, 0.4) is 0 Å². The summed E-state index contributed by atoms with van der Waals surface area (Å²) in [5.74, 6) is -0.0928. The van der Waals surface area contributed by atoms with Gasteiger partial charge in [-0.2, -0.15) is 12.6 Å². The summed E-state index contributed by atoms with van der Waals surface area (Å²) in [6.07, 6.45) is 0. The van der Waals surface area contributed by atoms with Gasteiger partial charge in [-0.05, 0) is 26.0 Å². The summed E-state index contributed by atoms with van der Waals surface area (Å²) in [5, 5.41) is 2.62. The van der Waals surface area contributed by atoms with Crippen LogP contribution in [-0.4, -0.2) is 30.2 Å². The molecule has 0 spiro atoms. The van der Waals surface area contributed by atoms with Crippen LogP contribution >= 0.6 is 12.6 Å². The minimum atomic E-state index is -0.595. The molecule has 0 heterocycles. The summed E-state index contributed by atoms with van der Waals surface area (Å²) in [6, 6.07) is 7.13. The van der Waals surface area contributed by atoms with Crippen LogP contribution in [0.4, 0.5) is 5.69 Å². The van der Waals surface area contributed by atoms with Gasteiger partial charge in [-0.25, -0.2) is 0 Å². The Morgan fingerprint density at radius 1 is 1.32 bits per heavy atom. The highest BCUT2D eigenvalue weighted by Crippen LogP contribution is 2.16. The molecule has 4 nitrogen and oxygen atoms in total. The summed E-state index contributed by atoms with van der Waals surface area (Å²) in [7, 11) is 0. The molecule has 0 aromatic heterocycles. The Hall–Kier alpha value is -1.49. The lowest BCUT2D eigenvalue weighted by Gasteiger charge is -2.26. The summed E-state index contributed by atoms with van der Waals surface area (Å²) >= 11 is 4.13. The van der Waals surface area contributed by atoms with Crippen LogP contribution in [0.25, 0.3) is 0 Å². The summed E-state index contributed by atoms with van der Waals surface area (Å²) in [6.45, 7) is 5.84. The van der Waals surface area contributed by atoms with Crippen molar-refractivity contribution in [1.82, 2.24) is 5.32 Å². The predicted molar refractivity (Wildman–Crippen MR) is 80.7 cm³/mol. The highest BCUT2D eigenvalue weighted by molar-refractivity contribution is 7.80. The van der Waals surface area contributed by atoms with E-state index in [1.54, 1.807) is 4.90 Å². The lowest BCUT2D eigenvalue weighted by Crippen LogP contribution is -2.49. The molecular formula is C14H20N2O2S. The highest BCUT2D eigenvalue weighted by atomic mass is 32.1. The predicted octanol–water partition coefficient (Wildman–Crippen LogP) is 1.78. The molecule has 1 aromatic rings. The first-order chi connectivity index (χ1) is 8.99. The fraction of sp³-hybridized carbons (Fsp3) is 0.429. The van der Waals surface area contributed by atoms with E-state index in [9.17, 15) is 9.59 Å². The molecule has 0 saturated carbocycles. The van der Waals surface area contributed by atoms with Gasteiger partial charge in [0.1, 0.15) is 6.04 Å². The maximum Gasteiger partial charge on any atom is 0.250 e. The smallest absolute Gasteiger partial charge is 0.250 e. The number of carbonyl (C=O) groups excluding carboxylic acids is 2. The number of thiol groups is 1. The Balaban J connectivity index is 2.92. The average molecular weight is 280 g/mol. The Labute approximate surface area is 119 Å². The van der Waals surface area contributed by atoms with Crippen LogP contribution in [0.15, 0.2) is 24.3 Å². The van der Waals surface area contributed by atoms with Gasteiger partial charge in [0, 0.05) is 24.9 Å². The van der Waals surface area contributed by atoms with Crippen LogP contribution < -0.4 is 10.2 Å². The van der Waals surface area contributed by atoms with E-state index in [-0.39, 0.29) is 17.6 Å². The number of aryl methyl sites for hydroxylation is 1. The molecule has 1 atom stereocenters. The molecule has 0 aliphatic heterocycles. The summed E-state index contributed by atoms with van der Waals surface area (Å²) in [4.78, 5) is 25.1. The van der Waals surface area contributed by atoms with Crippen molar-refractivity contribution >= 4 is 30.1 Å². The number of nitrogens with zero attached hydrogens (tertiary/aromatic N) is 1. The number of amides is 2. The first-order valence-corrected chi connectivity index (χ1v) is 6.88. The number of hydrogen-bond acceptors (Lipinski definition) is 3. The number of carbonyl (C=O) groups is 2. The van der Waals surface area contributed by atoms with Gasteiger partial charge in [-0.15, -0.1) is 0 Å². The normalized spacial score (nSPS) is 11.8. The van der Waals surface area contributed by atoms with Gasteiger partial charge in [0.25, 0.3) is 0 Å². The fourth-order valence-electron chi connectivity index (χ4n) is 1.81. The first kappa shape index (κ1) is 15.6. The molecule has 2 amide bonds. The van der Waals surface area contributed by atoms with Crippen molar-refractivity contribution in [2.75, 3.05) is 17.2 Å². The zero-order chi connectivity index (χ0) is 14.4. The number of benzene rings is 1. The minimum absolute atomic E-state index is 0.142. The molecule has 0 saturated heterocycles. The topological polar surface area (TPSA) is 49.4 Å². The molecule has 0 aliphatic rings. The molecule has 1 N–H and O–H groups in total. The number of likely N-dealkylation sites (N-methyl/N-ethyl adjacent to an activating group) is 1. The van der Waals surface area contributed by atoms with E-state index in [0.717, 1.165) is 11.3 Å². The van der Waals surface area contributed by atoms with E-state index in [4.69, 9.17) is 0 Å². The van der Waals surface area contributed by atoms with E-state index < -0.39 is 6.04 Å². The maximum absolute atomic E-state index is 12.4. The van der Waals surface area contributed by atoms with Crippen LogP contribution in [0.2, 0.25) is 0 Å². The van der Waals surface area contributed by atoms with Gasteiger partial charge < -0.3 is 10.2 Å². The molecule has 1 aromatic carbocycles. The molecule has 5 heteroatoms. The monoisotopic (exact) mass is 280 g/mol. The average Bonchev–Trinajstić information content (AvgIpc) is 2.38. The molecule has 19 heavy (non-hydrogen) atoms. The zero-order valence-corrected chi connectivity index (χ0v) is 12.4. The Morgan fingerprint density at radius 3 is 2.32 bits per heavy atom. The Bertz CT molecular complexity index is 445. The van der Waals surface area contributed by atoms with E-state index >= 15 is 0 Å². The summed E-state index contributed by atoms with van der Waals surface area (Å²) < 4.78 is 0. The maximum atomic E-state index is 12.4. The minimum Gasteiger partial charge on any atom is -0.344 e. The Kier molecular flexibility index (Phi) is 5.89. The lowest BCUT2D eigenvalue weighted by atomic mass is 10.2. The van der Waals surface area contributed by atoms with Crippen molar-refractivity contribution in [1.29, 1.82) is 0 Å². The number of hydrogen-bond donors (Lipinski definition) is 2. The fourth-order valence-corrected chi connectivity index (χ4v) is 2.06. The van der Waals surface area contributed by atoms with E-state index in [2.05, 4.69) is 17.9 Å². The summed E-state index contributed by atoms with van der Waals surface area (Å²) in [5.41, 5.74) is 1.97. The van der Waals surface area contributed by atoms with Gasteiger partial charge in [-0.1, -0.05) is 17.7 Å². The molecule has 0 bridgehead atoms. The van der Waals surface area contributed by atoms with Gasteiger partial charge in [-0.3, -0.25) is 9.59 Å². The van der Waals surface area contributed by atoms with Crippen LogP contribution in [0, 0.1) is 6.92 Å². The molecule has 1 unspecified atom stereocenters. The van der Waals surface area contributed by atoms with Gasteiger partial charge >= 0.3 is 0 Å². The van der Waals surface area contributed by atoms with E-state index in [1.165, 1.54) is 6.92 Å². The molecule has 0 aliphatic carbocycles. The second-order valence-corrected chi connectivity index (χ2v) is 4.72. The third-order valence-corrected chi connectivity index (χ3v) is 3.15. The quantitative estimate of drug-likeness (QED) is 0.808. The van der Waals surface area contributed by atoms with Crippen molar-refractivity contribution in [2.24, 2.45) is 0 Å². The highest BCUT2D eigenvalue weighted by Gasteiger charge is 2.23. The van der Waals surface area contributed by atoms with E-state index in [0.29, 0.717) is 6.54 Å². The van der Waals surface area contributed by atoms with Crippen LogP contribution in [-0.2, 0) is 9.59 Å². The van der Waals surface area contributed by atoms with E-state index in [1.807, 2.05) is 38.1 Å². The van der Waals surface area contributed by atoms with Gasteiger partial charge in [0.05, 0.1) is 0 Å². The number of rotatable bonds is 5.